The first-order valence-corrected chi connectivity index (χ1v) is 13.0. The van der Waals surface area contributed by atoms with Crippen molar-refractivity contribution >= 4 is 11.6 Å². The number of carbonyl (C=O) groups is 1. The van der Waals surface area contributed by atoms with Gasteiger partial charge in [-0.25, -0.2) is 0 Å². The van der Waals surface area contributed by atoms with Crippen LogP contribution in [-0.2, 0) is 9.53 Å². The molecule has 0 saturated carbocycles. The van der Waals surface area contributed by atoms with E-state index in [0.717, 1.165) is 24.4 Å². The van der Waals surface area contributed by atoms with Crippen LogP contribution in [0.15, 0.2) is 24.3 Å². The van der Waals surface area contributed by atoms with Crippen molar-refractivity contribution in [2.24, 2.45) is 0 Å². The van der Waals surface area contributed by atoms with Crippen LogP contribution >= 0.6 is 0 Å². The number of methoxy groups -OCH3 is 1. The number of nitrogens with one attached hydrogen (secondary N) is 2. The molecule has 0 aromatic heterocycles. The van der Waals surface area contributed by atoms with Crippen molar-refractivity contribution in [3.8, 4) is 5.75 Å². The fourth-order valence-corrected chi connectivity index (χ4v) is 3.70. The third-order valence-electron chi connectivity index (χ3n) is 5.72. The second-order valence-corrected chi connectivity index (χ2v) is 8.67. The van der Waals surface area contributed by atoms with E-state index >= 15 is 0 Å². The Labute approximate surface area is 197 Å². The van der Waals surface area contributed by atoms with Gasteiger partial charge in [0.25, 0.3) is 0 Å². The summed E-state index contributed by atoms with van der Waals surface area (Å²) in [6.45, 7) is 4.44. The summed E-state index contributed by atoms with van der Waals surface area (Å²) in [6.07, 6.45) is 18.9. The molecule has 0 aliphatic heterocycles. The average Bonchev–Trinajstić information content (AvgIpc) is 2.81. The molecule has 0 atom stereocenters. The Bertz CT molecular complexity index is 548. The Morgan fingerprint density at radius 1 is 0.750 bits per heavy atom. The molecule has 2 N–H and O–H groups in total. The first-order chi connectivity index (χ1) is 15.8. The molecule has 5 nitrogen and oxygen atoms in total. The minimum atomic E-state index is 0.0418. The zero-order chi connectivity index (χ0) is 23.1. The third-order valence-corrected chi connectivity index (χ3v) is 5.72. The zero-order valence-electron chi connectivity index (χ0n) is 20.8. The van der Waals surface area contributed by atoms with Gasteiger partial charge in [-0.05, 0) is 30.7 Å². The molecule has 0 radical (unpaired) electrons. The van der Waals surface area contributed by atoms with Gasteiger partial charge in [-0.3, -0.25) is 4.79 Å². The van der Waals surface area contributed by atoms with Gasteiger partial charge in [-0.1, -0.05) is 90.4 Å². The number of unbranched alkanes of at least 4 members (excludes halogenated alkanes) is 13. The highest BCUT2D eigenvalue weighted by atomic mass is 16.5. The van der Waals surface area contributed by atoms with E-state index in [0.29, 0.717) is 19.8 Å². The van der Waals surface area contributed by atoms with Crippen LogP contribution in [0.4, 0.5) is 5.69 Å². The van der Waals surface area contributed by atoms with E-state index in [1.54, 1.807) is 7.11 Å². The number of amides is 1. The van der Waals surface area contributed by atoms with Crippen molar-refractivity contribution in [2.75, 3.05) is 38.7 Å². The quantitative estimate of drug-likeness (QED) is 0.193. The lowest BCUT2D eigenvalue weighted by Crippen LogP contribution is -2.30. The normalized spacial score (nSPS) is 10.8. The molecule has 1 aromatic carbocycles. The number of ether oxygens (including phenoxy) is 2. The van der Waals surface area contributed by atoms with E-state index in [-0.39, 0.29) is 5.91 Å². The minimum Gasteiger partial charge on any atom is -0.491 e. The van der Waals surface area contributed by atoms with Crippen molar-refractivity contribution in [1.82, 2.24) is 5.32 Å². The van der Waals surface area contributed by atoms with Crippen LogP contribution in [0.2, 0.25) is 0 Å². The SMILES string of the molecule is CCCCCCCCCCCCCCCCNC(=O)CNc1ccc(OCCOC)cc1. The van der Waals surface area contributed by atoms with Gasteiger partial charge in [0, 0.05) is 19.3 Å². The largest absolute Gasteiger partial charge is 0.491 e. The van der Waals surface area contributed by atoms with E-state index in [9.17, 15) is 4.79 Å². The standard InChI is InChI=1S/C27H48N2O3/c1-3-4-5-6-7-8-9-10-11-12-13-14-15-16-21-28-27(30)24-29-25-17-19-26(20-18-25)32-23-22-31-2/h17-20,29H,3-16,21-24H2,1-2H3,(H,28,30). The molecular formula is C27H48N2O3. The van der Waals surface area contributed by atoms with Gasteiger partial charge in [0.1, 0.15) is 12.4 Å². The predicted molar refractivity (Wildman–Crippen MR) is 136 cm³/mol. The summed E-state index contributed by atoms with van der Waals surface area (Å²) in [7, 11) is 1.65. The Balaban J connectivity index is 1.87. The lowest BCUT2D eigenvalue weighted by atomic mass is 10.0. The summed E-state index contributed by atoms with van der Waals surface area (Å²) in [4.78, 5) is 12.0. The predicted octanol–water partition coefficient (Wildman–Crippen LogP) is 6.72. The molecule has 0 unspecified atom stereocenters. The summed E-state index contributed by atoms with van der Waals surface area (Å²) in [5.74, 6) is 0.843. The maximum atomic E-state index is 12.0. The Morgan fingerprint density at radius 2 is 1.28 bits per heavy atom. The van der Waals surface area contributed by atoms with Crippen LogP contribution < -0.4 is 15.4 Å². The fraction of sp³-hybridized carbons (Fsp3) is 0.741. The third kappa shape index (κ3) is 16.9. The molecule has 32 heavy (non-hydrogen) atoms. The summed E-state index contributed by atoms with van der Waals surface area (Å²) < 4.78 is 10.5. The Hall–Kier alpha value is -1.75. The molecular weight excluding hydrogens is 400 g/mol. The topological polar surface area (TPSA) is 59.6 Å². The lowest BCUT2D eigenvalue weighted by molar-refractivity contribution is -0.119. The van der Waals surface area contributed by atoms with Crippen molar-refractivity contribution in [1.29, 1.82) is 0 Å². The molecule has 0 fully saturated rings. The number of anilines is 1. The van der Waals surface area contributed by atoms with Crippen LogP contribution in [0.3, 0.4) is 0 Å². The molecule has 1 amide bonds. The zero-order valence-corrected chi connectivity index (χ0v) is 20.8. The maximum Gasteiger partial charge on any atom is 0.239 e. The number of benzene rings is 1. The van der Waals surface area contributed by atoms with Gasteiger partial charge in [-0.15, -0.1) is 0 Å². The lowest BCUT2D eigenvalue weighted by Gasteiger charge is -2.09. The second-order valence-electron chi connectivity index (χ2n) is 8.67. The summed E-state index contributed by atoms with van der Waals surface area (Å²) in [6, 6.07) is 7.63. The molecule has 0 bridgehead atoms. The molecule has 184 valence electrons. The van der Waals surface area contributed by atoms with Gasteiger partial charge in [0.15, 0.2) is 0 Å². The maximum absolute atomic E-state index is 12.0. The second kappa shape index (κ2) is 21.1. The molecule has 5 heteroatoms. The number of rotatable bonds is 22. The van der Waals surface area contributed by atoms with Crippen LogP contribution in [0.1, 0.15) is 96.8 Å². The number of hydrogen-bond donors (Lipinski definition) is 2. The highest BCUT2D eigenvalue weighted by Gasteiger charge is 2.01. The molecule has 0 heterocycles. The fourth-order valence-electron chi connectivity index (χ4n) is 3.70. The molecule has 1 rings (SSSR count). The molecule has 0 aliphatic rings. The molecule has 1 aromatic rings. The molecule has 0 spiro atoms. The smallest absolute Gasteiger partial charge is 0.239 e. The first kappa shape index (κ1) is 28.3. The van der Waals surface area contributed by atoms with Gasteiger partial charge < -0.3 is 20.1 Å². The van der Waals surface area contributed by atoms with E-state index < -0.39 is 0 Å². The van der Waals surface area contributed by atoms with E-state index in [1.807, 2.05) is 24.3 Å². The van der Waals surface area contributed by atoms with Crippen molar-refractivity contribution in [3.05, 3.63) is 24.3 Å². The van der Waals surface area contributed by atoms with Crippen LogP contribution in [0.25, 0.3) is 0 Å². The number of carbonyl (C=O) groups excluding carboxylic acids is 1. The van der Waals surface area contributed by atoms with Crippen molar-refractivity contribution in [2.45, 2.75) is 96.8 Å². The monoisotopic (exact) mass is 448 g/mol. The molecule has 0 aliphatic carbocycles. The highest BCUT2D eigenvalue weighted by molar-refractivity contribution is 5.80. The van der Waals surface area contributed by atoms with E-state index in [1.165, 1.54) is 83.5 Å². The summed E-state index contributed by atoms with van der Waals surface area (Å²) in [5.41, 5.74) is 0.913. The van der Waals surface area contributed by atoms with E-state index in [4.69, 9.17) is 9.47 Å². The van der Waals surface area contributed by atoms with Crippen molar-refractivity contribution < 1.29 is 14.3 Å². The van der Waals surface area contributed by atoms with Gasteiger partial charge >= 0.3 is 0 Å². The molecule has 0 saturated heterocycles. The van der Waals surface area contributed by atoms with Crippen LogP contribution in [0.5, 0.6) is 5.75 Å². The first-order valence-electron chi connectivity index (χ1n) is 13.0. The van der Waals surface area contributed by atoms with Crippen LogP contribution in [0, 0.1) is 0 Å². The van der Waals surface area contributed by atoms with Crippen LogP contribution in [-0.4, -0.2) is 39.3 Å². The minimum absolute atomic E-state index is 0.0418. The Morgan fingerprint density at radius 3 is 1.81 bits per heavy atom. The van der Waals surface area contributed by atoms with Gasteiger partial charge in [0.05, 0.1) is 13.2 Å². The number of hydrogen-bond acceptors (Lipinski definition) is 4. The average molecular weight is 449 g/mol. The van der Waals surface area contributed by atoms with E-state index in [2.05, 4.69) is 17.6 Å². The van der Waals surface area contributed by atoms with Gasteiger partial charge in [-0.2, -0.15) is 0 Å². The summed E-state index contributed by atoms with van der Waals surface area (Å²) >= 11 is 0. The van der Waals surface area contributed by atoms with Gasteiger partial charge in [0.2, 0.25) is 5.91 Å². The highest BCUT2D eigenvalue weighted by Crippen LogP contribution is 2.15. The summed E-state index contributed by atoms with van der Waals surface area (Å²) in [5, 5.41) is 6.15. The Kier molecular flexibility index (Phi) is 18.7. The van der Waals surface area contributed by atoms with Crippen molar-refractivity contribution in [3.63, 3.8) is 0 Å².